The fourth-order valence-electron chi connectivity index (χ4n) is 2.78. The van der Waals surface area contributed by atoms with Gasteiger partial charge in [-0.15, -0.1) is 0 Å². The highest BCUT2D eigenvalue weighted by Gasteiger charge is 2.14. The van der Waals surface area contributed by atoms with Crippen LogP contribution in [0.1, 0.15) is 23.9 Å². The molecule has 0 spiro atoms. The topological polar surface area (TPSA) is 43.0 Å². The van der Waals surface area contributed by atoms with Crippen molar-refractivity contribution in [3.8, 4) is 0 Å². The van der Waals surface area contributed by atoms with Crippen LogP contribution in [0.4, 0.5) is 0 Å². The molecule has 0 atom stereocenters. The summed E-state index contributed by atoms with van der Waals surface area (Å²) in [5.41, 5.74) is 4.20. The Kier molecular flexibility index (Phi) is 3.87. The van der Waals surface area contributed by atoms with E-state index in [1.54, 1.807) is 0 Å². The zero-order valence-corrected chi connectivity index (χ0v) is 13.8. The lowest BCUT2D eigenvalue weighted by atomic mass is 10.1. The first kappa shape index (κ1) is 14.4. The smallest absolute Gasteiger partial charge is 0.0739 e. The van der Waals surface area contributed by atoms with Gasteiger partial charge in [-0.1, -0.05) is 18.2 Å². The summed E-state index contributed by atoms with van der Waals surface area (Å²) in [4.78, 5) is 0. The van der Waals surface area contributed by atoms with Gasteiger partial charge in [-0.25, -0.2) is 0 Å². The van der Waals surface area contributed by atoms with Crippen LogP contribution in [-0.4, -0.2) is 19.5 Å². The number of aromatic nitrogens is 3. The van der Waals surface area contributed by atoms with E-state index in [0.717, 1.165) is 45.4 Å². The van der Waals surface area contributed by atoms with Gasteiger partial charge in [-0.3, -0.25) is 4.68 Å². The molecule has 110 valence electrons. The lowest BCUT2D eigenvalue weighted by Gasteiger charge is -2.10. The van der Waals surface area contributed by atoms with Crippen LogP contribution in [0.25, 0.3) is 10.9 Å². The van der Waals surface area contributed by atoms with E-state index >= 15 is 0 Å². The van der Waals surface area contributed by atoms with Crippen LogP contribution >= 0.6 is 15.9 Å². The van der Waals surface area contributed by atoms with Crippen molar-refractivity contribution in [1.29, 1.82) is 0 Å². The van der Waals surface area contributed by atoms with Crippen LogP contribution < -0.4 is 0 Å². The molecule has 1 N–H and O–H groups in total. The quantitative estimate of drug-likeness (QED) is 0.785. The molecular formula is C16H18BrN3O. The monoisotopic (exact) mass is 347 g/mol. The number of benzene rings is 1. The molecule has 0 unspecified atom stereocenters. The number of rotatable bonds is 4. The Hall–Kier alpha value is -1.59. The zero-order valence-electron chi connectivity index (χ0n) is 12.2. The zero-order chi connectivity index (χ0) is 15.0. The molecule has 3 rings (SSSR count). The van der Waals surface area contributed by atoms with E-state index < -0.39 is 0 Å². The minimum atomic E-state index is 0.0502. The van der Waals surface area contributed by atoms with E-state index in [0.29, 0.717) is 0 Å². The Labute approximate surface area is 132 Å². The Balaban J connectivity index is 2.11. The average molecular weight is 348 g/mol. The van der Waals surface area contributed by atoms with Crippen LogP contribution in [0.15, 0.2) is 34.9 Å². The number of para-hydroxylation sites is 1. The van der Waals surface area contributed by atoms with Gasteiger partial charge in [-0.05, 0) is 41.2 Å². The highest BCUT2D eigenvalue weighted by atomic mass is 79.9. The lowest BCUT2D eigenvalue weighted by Crippen LogP contribution is -2.08. The number of aliphatic hydroxyl groups is 1. The van der Waals surface area contributed by atoms with Crippen molar-refractivity contribution in [2.75, 3.05) is 0 Å². The highest BCUT2D eigenvalue weighted by Crippen LogP contribution is 2.26. The second-order valence-corrected chi connectivity index (χ2v) is 5.91. The normalized spacial score (nSPS) is 11.4. The van der Waals surface area contributed by atoms with E-state index in [1.807, 2.05) is 23.7 Å². The van der Waals surface area contributed by atoms with Crippen LogP contribution in [0, 0.1) is 6.92 Å². The van der Waals surface area contributed by atoms with Gasteiger partial charge < -0.3 is 9.67 Å². The number of nitrogens with zero attached hydrogens (tertiary/aromatic N) is 3. The molecule has 1 aromatic carbocycles. The van der Waals surface area contributed by atoms with E-state index in [9.17, 15) is 5.11 Å². The Bertz CT molecular complexity index is 788. The van der Waals surface area contributed by atoms with E-state index in [1.165, 1.54) is 0 Å². The molecule has 5 heteroatoms. The molecule has 2 aromatic heterocycles. The molecule has 0 saturated heterocycles. The van der Waals surface area contributed by atoms with Crippen molar-refractivity contribution >= 4 is 26.8 Å². The maximum atomic E-state index is 9.56. The van der Waals surface area contributed by atoms with Crippen LogP contribution in [0.5, 0.6) is 0 Å². The molecule has 0 aliphatic heterocycles. The number of aryl methyl sites for hydroxylation is 2. The highest BCUT2D eigenvalue weighted by molar-refractivity contribution is 9.10. The molecule has 0 radical (unpaired) electrons. The number of halogens is 1. The van der Waals surface area contributed by atoms with Crippen molar-refractivity contribution < 1.29 is 5.11 Å². The third-order valence-corrected chi connectivity index (χ3v) is 4.85. The second kappa shape index (κ2) is 5.66. The summed E-state index contributed by atoms with van der Waals surface area (Å²) >= 11 is 3.64. The van der Waals surface area contributed by atoms with Gasteiger partial charge in [0.05, 0.1) is 34.5 Å². The van der Waals surface area contributed by atoms with E-state index in [-0.39, 0.29) is 6.61 Å². The number of hydrogen-bond acceptors (Lipinski definition) is 2. The number of fused-ring (bicyclic) bond motifs is 1. The molecule has 0 saturated carbocycles. The number of hydrogen-bond donors (Lipinski definition) is 1. The first-order chi connectivity index (χ1) is 10.2. The predicted octanol–water partition coefficient (Wildman–Crippen LogP) is 3.47. The van der Waals surface area contributed by atoms with Crippen molar-refractivity contribution in [1.82, 2.24) is 14.3 Å². The summed E-state index contributed by atoms with van der Waals surface area (Å²) < 4.78 is 5.26. The minimum absolute atomic E-state index is 0.0502. The molecule has 0 amide bonds. The van der Waals surface area contributed by atoms with Crippen molar-refractivity contribution in [2.45, 2.75) is 33.5 Å². The maximum absolute atomic E-state index is 9.56. The van der Waals surface area contributed by atoms with Gasteiger partial charge in [0, 0.05) is 18.3 Å². The SMILES string of the molecule is CCn1nc(C)c(Br)c1Cn1ccc2cccc(CO)c21. The molecule has 2 heterocycles. The molecular weight excluding hydrogens is 330 g/mol. The summed E-state index contributed by atoms with van der Waals surface area (Å²) in [6.45, 7) is 5.72. The summed E-state index contributed by atoms with van der Waals surface area (Å²) in [7, 11) is 0. The fourth-order valence-corrected chi connectivity index (χ4v) is 3.19. The van der Waals surface area contributed by atoms with Gasteiger partial charge >= 0.3 is 0 Å². The minimum Gasteiger partial charge on any atom is -0.392 e. The molecule has 21 heavy (non-hydrogen) atoms. The molecule has 0 fully saturated rings. The Morgan fingerprint density at radius 2 is 2.10 bits per heavy atom. The van der Waals surface area contributed by atoms with Gasteiger partial charge in [0.15, 0.2) is 0 Å². The molecule has 3 aromatic rings. The third kappa shape index (κ3) is 2.40. The standard InChI is InChI=1S/C16H18BrN3O/c1-3-20-14(15(17)11(2)18-20)9-19-8-7-12-5-4-6-13(10-21)16(12)19/h4-8,21H,3,9-10H2,1-2H3. The van der Waals surface area contributed by atoms with Crippen LogP contribution in [0.2, 0.25) is 0 Å². The van der Waals surface area contributed by atoms with Crippen LogP contribution in [0.3, 0.4) is 0 Å². The summed E-state index contributed by atoms with van der Waals surface area (Å²) in [6, 6.07) is 8.11. The second-order valence-electron chi connectivity index (χ2n) is 5.12. The first-order valence-electron chi connectivity index (χ1n) is 7.05. The molecule has 4 nitrogen and oxygen atoms in total. The third-order valence-electron chi connectivity index (χ3n) is 3.82. The van der Waals surface area contributed by atoms with Crippen molar-refractivity contribution in [3.05, 3.63) is 51.9 Å². The molecule has 0 bridgehead atoms. The summed E-state index contributed by atoms with van der Waals surface area (Å²) in [5, 5.41) is 15.3. The van der Waals surface area contributed by atoms with Gasteiger partial charge in [0.1, 0.15) is 0 Å². The predicted molar refractivity (Wildman–Crippen MR) is 87.3 cm³/mol. The lowest BCUT2D eigenvalue weighted by molar-refractivity contribution is 0.283. The Morgan fingerprint density at radius 1 is 1.29 bits per heavy atom. The first-order valence-corrected chi connectivity index (χ1v) is 7.84. The average Bonchev–Trinajstić information content (AvgIpc) is 3.03. The number of aliphatic hydroxyl groups excluding tert-OH is 1. The van der Waals surface area contributed by atoms with E-state index in [2.05, 4.69) is 50.8 Å². The van der Waals surface area contributed by atoms with Gasteiger partial charge in [0.2, 0.25) is 0 Å². The summed E-state index contributed by atoms with van der Waals surface area (Å²) in [5.74, 6) is 0. The van der Waals surface area contributed by atoms with Gasteiger partial charge in [0.25, 0.3) is 0 Å². The molecule has 0 aliphatic rings. The van der Waals surface area contributed by atoms with Crippen LogP contribution in [-0.2, 0) is 19.7 Å². The largest absolute Gasteiger partial charge is 0.392 e. The van der Waals surface area contributed by atoms with Gasteiger partial charge in [-0.2, -0.15) is 5.10 Å². The fraction of sp³-hybridized carbons (Fsp3) is 0.312. The van der Waals surface area contributed by atoms with Crippen molar-refractivity contribution in [2.24, 2.45) is 0 Å². The van der Waals surface area contributed by atoms with Crippen molar-refractivity contribution in [3.63, 3.8) is 0 Å². The maximum Gasteiger partial charge on any atom is 0.0739 e. The summed E-state index contributed by atoms with van der Waals surface area (Å²) in [6.07, 6.45) is 2.07. The molecule has 0 aliphatic carbocycles. The van der Waals surface area contributed by atoms with E-state index in [4.69, 9.17) is 0 Å². The Morgan fingerprint density at radius 3 is 2.81 bits per heavy atom.